The smallest absolute Gasteiger partial charge is 0.243 e. The van der Waals surface area contributed by atoms with E-state index in [1.807, 2.05) is 0 Å². The summed E-state index contributed by atoms with van der Waals surface area (Å²) in [7, 11) is -3.49. The summed E-state index contributed by atoms with van der Waals surface area (Å²) >= 11 is 0. The van der Waals surface area contributed by atoms with Gasteiger partial charge in [0.15, 0.2) is 0 Å². The summed E-state index contributed by atoms with van der Waals surface area (Å²) in [5.74, 6) is 0.0967. The zero-order chi connectivity index (χ0) is 15.5. The highest BCUT2D eigenvalue weighted by Crippen LogP contribution is 2.23. The van der Waals surface area contributed by atoms with E-state index in [1.54, 1.807) is 0 Å². The minimum Gasteiger partial charge on any atom is -0.314 e. The fourth-order valence-corrected chi connectivity index (χ4v) is 3.98. The topological polar surface area (TPSA) is 49.4 Å². The molecule has 0 aromatic heterocycles. The molecular formula is C15H23FN2O2S. The molecule has 0 bridgehead atoms. The minimum absolute atomic E-state index is 0.169. The second-order valence-corrected chi connectivity index (χ2v) is 7.80. The van der Waals surface area contributed by atoms with Gasteiger partial charge >= 0.3 is 0 Å². The van der Waals surface area contributed by atoms with Crippen LogP contribution in [0.4, 0.5) is 4.39 Å². The van der Waals surface area contributed by atoms with Crippen molar-refractivity contribution in [3.05, 3.63) is 30.1 Å². The first-order chi connectivity index (χ1) is 9.89. The molecule has 21 heavy (non-hydrogen) atoms. The Labute approximate surface area is 126 Å². The first-order valence-corrected chi connectivity index (χ1v) is 8.82. The van der Waals surface area contributed by atoms with Crippen molar-refractivity contribution in [2.45, 2.75) is 37.6 Å². The van der Waals surface area contributed by atoms with E-state index in [-0.39, 0.29) is 4.90 Å². The fraction of sp³-hybridized carbons (Fsp3) is 0.600. The number of nitrogens with zero attached hydrogens (tertiary/aromatic N) is 1. The number of hydrogen-bond acceptors (Lipinski definition) is 3. The third kappa shape index (κ3) is 4.25. The predicted molar refractivity (Wildman–Crippen MR) is 81.0 cm³/mol. The van der Waals surface area contributed by atoms with Crippen molar-refractivity contribution < 1.29 is 12.8 Å². The van der Waals surface area contributed by atoms with Crippen molar-refractivity contribution in [1.29, 1.82) is 0 Å². The van der Waals surface area contributed by atoms with E-state index in [9.17, 15) is 12.8 Å². The number of nitrogens with one attached hydrogen (secondary N) is 1. The highest BCUT2D eigenvalue weighted by molar-refractivity contribution is 7.89. The quantitative estimate of drug-likeness (QED) is 0.906. The lowest BCUT2D eigenvalue weighted by molar-refractivity contribution is 0.264. The maximum atomic E-state index is 12.9. The van der Waals surface area contributed by atoms with Gasteiger partial charge in [0.2, 0.25) is 10.0 Å². The van der Waals surface area contributed by atoms with Crippen molar-refractivity contribution >= 4 is 10.0 Å². The standard InChI is InChI=1S/C15H23FN2O2S/c1-12(2)17-11-13-7-9-18(10-8-13)21(19,20)15-5-3-14(16)4-6-15/h3-6,12-13,17H,7-11H2,1-2H3. The van der Waals surface area contributed by atoms with Crippen LogP contribution >= 0.6 is 0 Å². The van der Waals surface area contributed by atoms with Crippen molar-refractivity contribution in [3.8, 4) is 0 Å². The van der Waals surface area contributed by atoms with E-state index in [4.69, 9.17) is 0 Å². The van der Waals surface area contributed by atoms with Crippen LogP contribution in [-0.2, 0) is 10.0 Å². The average molecular weight is 314 g/mol. The highest BCUT2D eigenvalue weighted by atomic mass is 32.2. The van der Waals surface area contributed by atoms with Gasteiger partial charge in [0.25, 0.3) is 0 Å². The predicted octanol–water partition coefficient (Wildman–Crippen LogP) is 2.22. The lowest BCUT2D eigenvalue weighted by Gasteiger charge is -2.31. The number of piperidine rings is 1. The molecule has 6 heteroatoms. The molecule has 0 aliphatic carbocycles. The van der Waals surface area contributed by atoms with Gasteiger partial charge in [-0.3, -0.25) is 0 Å². The molecule has 1 heterocycles. The average Bonchev–Trinajstić information content (AvgIpc) is 2.46. The SMILES string of the molecule is CC(C)NCC1CCN(S(=O)(=O)c2ccc(F)cc2)CC1. The monoisotopic (exact) mass is 314 g/mol. The number of sulfonamides is 1. The van der Waals surface area contributed by atoms with Crippen LogP contribution in [-0.4, -0.2) is 38.4 Å². The molecule has 1 N–H and O–H groups in total. The number of benzene rings is 1. The number of halogens is 1. The molecule has 0 radical (unpaired) electrons. The van der Waals surface area contributed by atoms with Crippen LogP contribution in [0.3, 0.4) is 0 Å². The van der Waals surface area contributed by atoms with Crippen LogP contribution in [0.5, 0.6) is 0 Å². The van der Waals surface area contributed by atoms with E-state index in [1.165, 1.54) is 28.6 Å². The van der Waals surface area contributed by atoms with E-state index in [0.29, 0.717) is 25.0 Å². The zero-order valence-corrected chi connectivity index (χ0v) is 13.4. The maximum absolute atomic E-state index is 12.9. The van der Waals surface area contributed by atoms with E-state index in [0.717, 1.165) is 19.4 Å². The van der Waals surface area contributed by atoms with Crippen LogP contribution in [0.15, 0.2) is 29.2 Å². The van der Waals surface area contributed by atoms with Gasteiger partial charge in [-0.1, -0.05) is 13.8 Å². The second kappa shape index (κ2) is 6.85. The Morgan fingerprint density at radius 1 is 1.24 bits per heavy atom. The Balaban J connectivity index is 1.96. The molecular weight excluding hydrogens is 291 g/mol. The molecule has 1 aromatic carbocycles. The third-order valence-electron chi connectivity index (χ3n) is 3.84. The lowest BCUT2D eigenvalue weighted by Crippen LogP contribution is -2.41. The molecule has 0 saturated carbocycles. The minimum atomic E-state index is -3.49. The molecule has 0 unspecified atom stereocenters. The highest BCUT2D eigenvalue weighted by Gasteiger charge is 2.29. The first kappa shape index (κ1) is 16.4. The molecule has 1 aliphatic heterocycles. The largest absolute Gasteiger partial charge is 0.314 e. The summed E-state index contributed by atoms with van der Waals surface area (Å²) < 4.78 is 39.3. The first-order valence-electron chi connectivity index (χ1n) is 7.38. The summed E-state index contributed by atoms with van der Waals surface area (Å²) in [5.41, 5.74) is 0. The van der Waals surface area contributed by atoms with Crippen LogP contribution in [0.2, 0.25) is 0 Å². The molecule has 0 atom stereocenters. The van der Waals surface area contributed by atoms with Crippen LogP contribution in [0, 0.1) is 11.7 Å². The molecule has 1 aliphatic rings. The number of rotatable bonds is 5. The van der Waals surface area contributed by atoms with Gasteiger partial charge in [-0.05, 0) is 49.6 Å². The normalized spacial score (nSPS) is 18.3. The van der Waals surface area contributed by atoms with Gasteiger partial charge in [-0.15, -0.1) is 0 Å². The molecule has 0 spiro atoms. The molecule has 2 rings (SSSR count). The molecule has 1 aromatic rings. The number of hydrogen-bond donors (Lipinski definition) is 1. The van der Waals surface area contributed by atoms with Crippen molar-refractivity contribution in [3.63, 3.8) is 0 Å². The Hall–Kier alpha value is -0.980. The van der Waals surface area contributed by atoms with Crippen LogP contribution < -0.4 is 5.32 Å². The summed E-state index contributed by atoms with van der Waals surface area (Å²) in [4.78, 5) is 0.169. The van der Waals surface area contributed by atoms with Gasteiger partial charge in [0, 0.05) is 19.1 Å². The van der Waals surface area contributed by atoms with Crippen LogP contribution in [0.25, 0.3) is 0 Å². The molecule has 0 amide bonds. The summed E-state index contributed by atoms with van der Waals surface area (Å²) in [6.07, 6.45) is 1.72. The zero-order valence-electron chi connectivity index (χ0n) is 12.5. The van der Waals surface area contributed by atoms with Crippen molar-refractivity contribution in [2.75, 3.05) is 19.6 Å². The van der Waals surface area contributed by atoms with Gasteiger partial charge < -0.3 is 5.32 Å². The third-order valence-corrected chi connectivity index (χ3v) is 5.75. The van der Waals surface area contributed by atoms with E-state index >= 15 is 0 Å². The Bertz CT molecular complexity index is 550. The Kier molecular flexibility index (Phi) is 5.35. The Morgan fingerprint density at radius 3 is 2.33 bits per heavy atom. The van der Waals surface area contributed by atoms with Gasteiger partial charge in [-0.2, -0.15) is 4.31 Å². The summed E-state index contributed by atoms with van der Waals surface area (Å²) in [6, 6.07) is 5.48. The lowest BCUT2D eigenvalue weighted by atomic mass is 9.98. The Morgan fingerprint density at radius 2 is 1.81 bits per heavy atom. The van der Waals surface area contributed by atoms with Crippen molar-refractivity contribution in [1.82, 2.24) is 9.62 Å². The molecule has 118 valence electrons. The van der Waals surface area contributed by atoms with E-state index < -0.39 is 15.8 Å². The maximum Gasteiger partial charge on any atom is 0.243 e. The summed E-state index contributed by atoms with van der Waals surface area (Å²) in [6.45, 7) is 6.21. The van der Waals surface area contributed by atoms with Crippen molar-refractivity contribution in [2.24, 2.45) is 5.92 Å². The van der Waals surface area contributed by atoms with E-state index in [2.05, 4.69) is 19.2 Å². The van der Waals surface area contributed by atoms with Gasteiger partial charge in [0.05, 0.1) is 4.90 Å². The summed E-state index contributed by atoms with van der Waals surface area (Å²) in [5, 5.41) is 3.40. The van der Waals surface area contributed by atoms with Gasteiger partial charge in [0.1, 0.15) is 5.82 Å². The van der Waals surface area contributed by atoms with Crippen LogP contribution in [0.1, 0.15) is 26.7 Å². The molecule has 1 fully saturated rings. The van der Waals surface area contributed by atoms with Gasteiger partial charge in [-0.25, -0.2) is 12.8 Å². The molecule has 1 saturated heterocycles. The molecule has 4 nitrogen and oxygen atoms in total. The fourth-order valence-electron chi connectivity index (χ4n) is 2.51. The second-order valence-electron chi connectivity index (χ2n) is 5.86.